The Bertz CT molecular complexity index is 324. The van der Waals surface area contributed by atoms with Gasteiger partial charge in [0.15, 0.2) is 0 Å². The summed E-state index contributed by atoms with van der Waals surface area (Å²) in [5.74, 6) is 0. The minimum Gasteiger partial charge on any atom is -0.372 e. The molecule has 13 heavy (non-hydrogen) atoms. The summed E-state index contributed by atoms with van der Waals surface area (Å²) in [6.45, 7) is 0. The van der Waals surface area contributed by atoms with E-state index < -0.39 is 0 Å². The van der Waals surface area contributed by atoms with Crippen LogP contribution >= 0.6 is 0 Å². The highest BCUT2D eigenvalue weighted by Crippen LogP contribution is 2.04. The van der Waals surface area contributed by atoms with E-state index in [-0.39, 0.29) is 6.41 Å². The first-order chi connectivity index (χ1) is 6.38. The second kappa shape index (κ2) is 4.82. The van der Waals surface area contributed by atoms with Crippen molar-refractivity contribution in [3.05, 3.63) is 36.7 Å². The molecule has 0 saturated heterocycles. The lowest BCUT2D eigenvalue weighted by molar-refractivity contribution is -0.106. The van der Waals surface area contributed by atoms with Gasteiger partial charge in [0.05, 0.1) is 11.0 Å². The molecule has 2 aromatic rings. The predicted molar refractivity (Wildman–Crippen MR) is 49.8 cm³/mol. The number of nitrogens with zero attached hydrogens (tertiary/aromatic N) is 2. The molecular formula is C9H9N3O. The molecule has 0 bridgehead atoms. The van der Waals surface area contributed by atoms with Gasteiger partial charge in [-0.3, -0.25) is 14.8 Å². The van der Waals surface area contributed by atoms with E-state index in [4.69, 9.17) is 4.79 Å². The van der Waals surface area contributed by atoms with Gasteiger partial charge in [0, 0.05) is 12.4 Å². The molecule has 0 spiro atoms. The average molecular weight is 175 g/mol. The number of para-hydroxylation sites is 2. The molecule has 4 nitrogen and oxygen atoms in total. The Morgan fingerprint density at radius 3 is 1.85 bits per heavy atom. The van der Waals surface area contributed by atoms with Crippen LogP contribution in [0.1, 0.15) is 0 Å². The maximum Gasteiger partial charge on any atom is 0.204 e. The van der Waals surface area contributed by atoms with Gasteiger partial charge in [0.25, 0.3) is 0 Å². The van der Waals surface area contributed by atoms with Gasteiger partial charge in [-0.25, -0.2) is 0 Å². The van der Waals surface area contributed by atoms with Gasteiger partial charge < -0.3 is 5.73 Å². The molecule has 66 valence electrons. The van der Waals surface area contributed by atoms with E-state index in [1.54, 1.807) is 12.4 Å². The first-order valence-corrected chi connectivity index (χ1v) is 3.69. The molecule has 0 atom stereocenters. The Morgan fingerprint density at radius 1 is 1.08 bits per heavy atom. The van der Waals surface area contributed by atoms with Crippen LogP contribution in [0.5, 0.6) is 0 Å². The number of hydrogen-bond donors (Lipinski definition) is 1. The number of primary amides is 1. The number of aromatic nitrogens is 2. The summed E-state index contributed by atoms with van der Waals surface area (Å²) in [4.78, 5) is 16.8. The Hall–Kier alpha value is -1.97. The number of carbonyl (C=O) groups excluding carboxylic acids is 1. The van der Waals surface area contributed by atoms with Crippen molar-refractivity contribution in [2.45, 2.75) is 0 Å². The summed E-state index contributed by atoms with van der Waals surface area (Å²) in [5, 5.41) is 0. The molecule has 4 heteroatoms. The molecule has 1 aromatic carbocycles. The van der Waals surface area contributed by atoms with Gasteiger partial charge in [-0.1, -0.05) is 12.1 Å². The molecule has 2 N–H and O–H groups in total. The minimum atomic E-state index is 0.250. The zero-order valence-corrected chi connectivity index (χ0v) is 6.92. The quantitative estimate of drug-likeness (QED) is 0.600. The molecule has 0 radical (unpaired) electrons. The fourth-order valence-corrected chi connectivity index (χ4v) is 0.910. The van der Waals surface area contributed by atoms with Crippen LogP contribution < -0.4 is 5.73 Å². The first kappa shape index (κ1) is 9.12. The summed E-state index contributed by atoms with van der Waals surface area (Å²) in [7, 11) is 0. The van der Waals surface area contributed by atoms with E-state index in [1.165, 1.54) is 0 Å². The minimum absolute atomic E-state index is 0.250. The molecule has 2 rings (SSSR count). The summed E-state index contributed by atoms with van der Waals surface area (Å²) in [6, 6.07) is 7.80. The molecule has 0 aliphatic heterocycles. The van der Waals surface area contributed by atoms with E-state index in [2.05, 4.69) is 15.7 Å². The normalized spacial score (nSPS) is 8.62. The third-order valence-electron chi connectivity index (χ3n) is 1.38. The largest absolute Gasteiger partial charge is 0.372 e. The van der Waals surface area contributed by atoms with Gasteiger partial charge in [0.2, 0.25) is 6.41 Å². The maximum atomic E-state index is 8.58. The summed E-state index contributed by atoms with van der Waals surface area (Å²) in [5.41, 5.74) is 6.06. The number of hydrogen-bond acceptors (Lipinski definition) is 3. The SMILES string of the molecule is NC=O.c1ccc2nccnc2c1. The standard InChI is InChI=1S/C8H6N2.CH3NO/c1-2-4-8-7(3-1)9-5-6-10-8;2-1-3/h1-6H;1H,(H2,2,3). The van der Waals surface area contributed by atoms with E-state index in [9.17, 15) is 0 Å². The van der Waals surface area contributed by atoms with Gasteiger partial charge in [-0.05, 0) is 12.1 Å². The maximum absolute atomic E-state index is 8.58. The lowest BCUT2D eigenvalue weighted by Crippen LogP contribution is -1.82. The number of nitrogens with two attached hydrogens (primary N) is 1. The van der Waals surface area contributed by atoms with Crippen LogP contribution in [0.25, 0.3) is 11.0 Å². The molecular weight excluding hydrogens is 166 g/mol. The van der Waals surface area contributed by atoms with Crippen molar-refractivity contribution in [1.29, 1.82) is 0 Å². The summed E-state index contributed by atoms with van der Waals surface area (Å²) >= 11 is 0. The fourth-order valence-electron chi connectivity index (χ4n) is 0.910. The molecule has 1 amide bonds. The van der Waals surface area contributed by atoms with Crippen LogP contribution in [0.2, 0.25) is 0 Å². The molecule has 1 heterocycles. The molecule has 1 aromatic heterocycles. The van der Waals surface area contributed by atoms with Crippen LogP contribution in [-0.4, -0.2) is 16.4 Å². The summed E-state index contributed by atoms with van der Waals surface area (Å²) < 4.78 is 0. The lowest BCUT2D eigenvalue weighted by Gasteiger charge is -1.90. The molecule has 0 fully saturated rings. The van der Waals surface area contributed by atoms with Crippen LogP contribution in [0, 0.1) is 0 Å². The Kier molecular flexibility index (Phi) is 3.38. The third-order valence-corrected chi connectivity index (χ3v) is 1.38. The van der Waals surface area contributed by atoms with Crippen molar-refractivity contribution in [3.63, 3.8) is 0 Å². The first-order valence-electron chi connectivity index (χ1n) is 3.69. The zero-order valence-electron chi connectivity index (χ0n) is 6.92. The fraction of sp³-hybridized carbons (Fsp3) is 0. The second-order valence-corrected chi connectivity index (χ2v) is 2.18. The molecule has 0 aliphatic rings. The van der Waals surface area contributed by atoms with Gasteiger partial charge in [-0.2, -0.15) is 0 Å². The number of benzene rings is 1. The van der Waals surface area contributed by atoms with Crippen LogP contribution in [0.15, 0.2) is 36.7 Å². The highest BCUT2D eigenvalue weighted by Gasteiger charge is 1.88. The van der Waals surface area contributed by atoms with E-state index in [0.717, 1.165) is 11.0 Å². The van der Waals surface area contributed by atoms with Gasteiger partial charge in [-0.15, -0.1) is 0 Å². The van der Waals surface area contributed by atoms with Crippen molar-refractivity contribution in [2.24, 2.45) is 5.73 Å². The van der Waals surface area contributed by atoms with Crippen molar-refractivity contribution in [2.75, 3.05) is 0 Å². The number of rotatable bonds is 0. The Balaban J connectivity index is 0.000000251. The molecule has 0 unspecified atom stereocenters. The number of carbonyl (C=O) groups is 1. The smallest absolute Gasteiger partial charge is 0.204 e. The van der Waals surface area contributed by atoms with E-state index >= 15 is 0 Å². The third kappa shape index (κ3) is 2.52. The number of fused-ring (bicyclic) bond motifs is 1. The average Bonchev–Trinajstić information content (AvgIpc) is 2.19. The van der Waals surface area contributed by atoms with Gasteiger partial charge >= 0.3 is 0 Å². The predicted octanol–water partition coefficient (Wildman–Crippen LogP) is 0.731. The second-order valence-electron chi connectivity index (χ2n) is 2.18. The Labute approximate surface area is 75.4 Å². The van der Waals surface area contributed by atoms with Gasteiger partial charge in [0.1, 0.15) is 0 Å². The van der Waals surface area contributed by atoms with Crippen LogP contribution in [-0.2, 0) is 4.79 Å². The van der Waals surface area contributed by atoms with Crippen LogP contribution in [0.4, 0.5) is 0 Å². The lowest BCUT2D eigenvalue weighted by atomic mass is 10.3. The molecule has 0 saturated carbocycles. The van der Waals surface area contributed by atoms with Crippen molar-refractivity contribution >= 4 is 17.4 Å². The Morgan fingerprint density at radius 2 is 1.46 bits per heavy atom. The van der Waals surface area contributed by atoms with Crippen molar-refractivity contribution in [1.82, 2.24) is 9.97 Å². The van der Waals surface area contributed by atoms with Crippen molar-refractivity contribution in [3.8, 4) is 0 Å². The van der Waals surface area contributed by atoms with E-state index in [0.29, 0.717) is 0 Å². The highest BCUT2D eigenvalue weighted by atomic mass is 16.1. The van der Waals surface area contributed by atoms with E-state index in [1.807, 2.05) is 24.3 Å². The monoisotopic (exact) mass is 175 g/mol. The zero-order chi connectivity index (χ0) is 9.52. The number of amides is 1. The highest BCUT2D eigenvalue weighted by molar-refractivity contribution is 5.72. The summed E-state index contributed by atoms with van der Waals surface area (Å²) in [6.07, 6.45) is 3.64. The van der Waals surface area contributed by atoms with Crippen LogP contribution in [0.3, 0.4) is 0 Å². The topological polar surface area (TPSA) is 68.9 Å². The molecule has 0 aliphatic carbocycles. The van der Waals surface area contributed by atoms with Crippen molar-refractivity contribution < 1.29 is 4.79 Å².